The van der Waals surface area contributed by atoms with Gasteiger partial charge < -0.3 is 20.6 Å². The smallest absolute Gasteiger partial charge is 0.315 e. The van der Waals surface area contributed by atoms with E-state index >= 15 is 0 Å². The van der Waals surface area contributed by atoms with Crippen LogP contribution in [0.5, 0.6) is 0 Å². The average Bonchev–Trinajstić information content (AvgIpc) is 2.48. The summed E-state index contributed by atoms with van der Waals surface area (Å²) in [6.07, 6.45) is 1.18. The fourth-order valence-corrected chi connectivity index (χ4v) is 2.61. The number of halogens is 2. The van der Waals surface area contributed by atoms with Crippen LogP contribution in [0.1, 0.15) is 31.4 Å². The number of rotatable bonds is 4. The Bertz CT molecular complexity index is 540. The van der Waals surface area contributed by atoms with Crippen molar-refractivity contribution in [3.8, 4) is 0 Å². The molecule has 2 rings (SSSR count). The van der Waals surface area contributed by atoms with Crippen LogP contribution in [0, 0.1) is 11.6 Å². The van der Waals surface area contributed by atoms with E-state index in [1.54, 1.807) is 6.92 Å². The molecule has 1 aliphatic rings. The van der Waals surface area contributed by atoms with Crippen LogP contribution in [0.4, 0.5) is 13.6 Å². The standard InChI is InChI=1S/C16H23F2N3O2/c1-11(12-7-13(17)9-14(18)8-12)20-15(22)19-10-16(23)3-5-21(2)6-4-16/h7-9,11,23H,3-6,10H2,1-2H3,(H2,19,20,22). The third-order valence-corrected chi connectivity index (χ3v) is 4.23. The van der Waals surface area contributed by atoms with Crippen molar-refractivity contribution in [1.29, 1.82) is 0 Å². The van der Waals surface area contributed by atoms with E-state index in [1.165, 1.54) is 12.1 Å². The Kier molecular flexibility index (Phi) is 5.54. The molecule has 7 heteroatoms. The van der Waals surface area contributed by atoms with E-state index in [-0.39, 0.29) is 6.54 Å². The van der Waals surface area contributed by atoms with Crippen LogP contribution >= 0.6 is 0 Å². The maximum absolute atomic E-state index is 13.2. The molecule has 0 saturated carbocycles. The van der Waals surface area contributed by atoms with Gasteiger partial charge in [-0.25, -0.2) is 13.6 Å². The maximum Gasteiger partial charge on any atom is 0.315 e. The lowest BCUT2D eigenvalue weighted by atomic mass is 9.92. The van der Waals surface area contributed by atoms with Gasteiger partial charge in [-0.2, -0.15) is 0 Å². The summed E-state index contributed by atoms with van der Waals surface area (Å²) in [6.45, 7) is 3.34. The highest BCUT2D eigenvalue weighted by Gasteiger charge is 2.31. The van der Waals surface area contributed by atoms with E-state index in [0.717, 1.165) is 19.2 Å². The molecule has 1 aromatic rings. The maximum atomic E-state index is 13.2. The van der Waals surface area contributed by atoms with Crippen molar-refractivity contribution in [2.45, 2.75) is 31.4 Å². The number of benzene rings is 1. The molecular formula is C16H23F2N3O2. The second kappa shape index (κ2) is 7.23. The topological polar surface area (TPSA) is 64.6 Å². The SMILES string of the molecule is CC(NC(=O)NCC1(O)CCN(C)CC1)c1cc(F)cc(F)c1. The number of hydrogen-bond acceptors (Lipinski definition) is 3. The molecule has 1 fully saturated rings. The van der Waals surface area contributed by atoms with E-state index in [1.807, 2.05) is 7.05 Å². The lowest BCUT2D eigenvalue weighted by Crippen LogP contribution is -2.51. The molecule has 1 saturated heterocycles. The molecule has 1 aromatic carbocycles. The van der Waals surface area contributed by atoms with Gasteiger partial charge in [0.15, 0.2) is 0 Å². The molecule has 0 bridgehead atoms. The minimum absolute atomic E-state index is 0.150. The Morgan fingerprint density at radius 3 is 2.43 bits per heavy atom. The Balaban J connectivity index is 1.84. The Hall–Kier alpha value is -1.73. The van der Waals surface area contributed by atoms with Gasteiger partial charge in [-0.3, -0.25) is 0 Å². The predicted molar refractivity (Wildman–Crippen MR) is 83.0 cm³/mol. The van der Waals surface area contributed by atoms with Crippen molar-refractivity contribution in [2.24, 2.45) is 0 Å². The van der Waals surface area contributed by atoms with Gasteiger partial charge in [-0.1, -0.05) is 0 Å². The number of likely N-dealkylation sites (tertiary alicyclic amines) is 1. The highest BCUT2D eigenvalue weighted by Crippen LogP contribution is 2.20. The zero-order valence-electron chi connectivity index (χ0n) is 13.4. The molecule has 1 aliphatic heterocycles. The van der Waals surface area contributed by atoms with E-state index in [4.69, 9.17) is 0 Å². The first-order chi connectivity index (χ1) is 10.8. The predicted octanol–water partition coefficient (Wildman–Crippen LogP) is 1.78. The summed E-state index contributed by atoms with van der Waals surface area (Å²) in [4.78, 5) is 14.0. The highest BCUT2D eigenvalue weighted by atomic mass is 19.1. The second-order valence-electron chi connectivity index (χ2n) is 6.28. The Morgan fingerprint density at radius 1 is 1.30 bits per heavy atom. The molecule has 5 nitrogen and oxygen atoms in total. The van der Waals surface area contributed by atoms with E-state index in [9.17, 15) is 18.7 Å². The molecule has 2 amide bonds. The van der Waals surface area contributed by atoms with E-state index in [0.29, 0.717) is 18.4 Å². The first-order valence-electron chi connectivity index (χ1n) is 7.69. The normalized spacial score (nSPS) is 19.2. The fraction of sp³-hybridized carbons (Fsp3) is 0.562. The Labute approximate surface area is 134 Å². The number of urea groups is 1. The third-order valence-electron chi connectivity index (χ3n) is 4.23. The molecule has 1 unspecified atom stereocenters. The molecule has 23 heavy (non-hydrogen) atoms. The molecule has 0 aliphatic carbocycles. The highest BCUT2D eigenvalue weighted by molar-refractivity contribution is 5.74. The van der Waals surface area contributed by atoms with Crippen LogP contribution in [0.25, 0.3) is 0 Å². The van der Waals surface area contributed by atoms with Crippen molar-refractivity contribution < 1.29 is 18.7 Å². The van der Waals surface area contributed by atoms with Crippen molar-refractivity contribution in [3.63, 3.8) is 0 Å². The quantitative estimate of drug-likeness (QED) is 0.790. The van der Waals surface area contributed by atoms with Gasteiger partial charge in [0, 0.05) is 25.7 Å². The van der Waals surface area contributed by atoms with Crippen molar-refractivity contribution in [1.82, 2.24) is 15.5 Å². The number of nitrogens with zero attached hydrogens (tertiary/aromatic N) is 1. The van der Waals surface area contributed by atoms with Crippen LogP contribution < -0.4 is 10.6 Å². The minimum atomic E-state index is -0.905. The molecule has 0 radical (unpaired) electrons. The number of amides is 2. The summed E-state index contributed by atoms with van der Waals surface area (Å²) < 4.78 is 26.4. The summed E-state index contributed by atoms with van der Waals surface area (Å²) in [7, 11) is 1.99. The number of piperidine rings is 1. The summed E-state index contributed by atoms with van der Waals surface area (Å²) in [5, 5.41) is 15.6. The number of carbonyl (C=O) groups excluding carboxylic acids is 1. The molecule has 0 aromatic heterocycles. The first kappa shape index (κ1) is 17.6. The van der Waals surface area contributed by atoms with Gasteiger partial charge >= 0.3 is 6.03 Å². The van der Waals surface area contributed by atoms with Crippen molar-refractivity contribution in [3.05, 3.63) is 35.4 Å². The first-order valence-corrected chi connectivity index (χ1v) is 7.69. The molecule has 128 valence electrons. The van der Waals surface area contributed by atoms with Crippen LogP contribution in [-0.2, 0) is 0 Å². The molecule has 1 atom stereocenters. The van der Waals surface area contributed by atoms with Gasteiger partial charge in [-0.05, 0) is 44.5 Å². The van der Waals surface area contributed by atoms with Gasteiger partial charge in [0.25, 0.3) is 0 Å². The molecule has 3 N–H and O–H groups in total. The molecular weight excluding hydrogens is 304 g/mol. The molecule has 1 heterocycles. The van der Waals surface area contributed by atoms with Crippen molar-refractivity contribution in [2.75, 3.05) is 26.7 Å². The van der Waals surface area contributed by atoms with Crippen LogP contribution in [0.3, 0.4) is 0 Å². The Morgan fingerprint density at radius 2 is 1.87 bits per heavy atom. The fourth-order valence-electron chi connectivity index (χ4n) is 2.61. The third kappa shape index (κ3) is 5.14. The lowest BCUT2D eigenvalue weighted by molar-refractivity contribution is -0.0123. The largest absolute Gasteiger partial charge is 0.388 e. The van der Waals surface area contributed by atoms with Gasteiger partial charge in [0.05, 0.1) is 11.6 Å². The summed E-state index contributed by atoms with van der Waals surface area (Å²) >= 11 is 0. The molecule has 0 spiro atoms. The summed E-state index contributed by atoms with van der Waals surface area (Å²) in [6, 6.07) is 2.12. The van der Waals surface area contributed by atoms with Gasteiger partial charge in [0.1, 0.15) is 11.6 Å². The van der Waals surface area contributed by atoms with Crippen LogP contribution in [0.15, 0.2) is 18.2 Å². The second-order valence-corrected chi connectivity index (χ2v) is 6.28. The van der Waals surface area contributed by atoms with E-state index < -0.39 is 29.3 Å². The zero-order valence-corrected chi connectivity index (χ0v) is 13.4. The summed E-state index contributed by atoms with van der Waals surface area (Å²) in [5.74, 6) is -1.37. The van der Waals surface area contributed by atoms with E-state index in [2.05, 4.69) is 15.5 Å². The zero-order chi connectivity index (χ0) is 17.0. The number of hydrogen-bond donors (Lipinski definition) is 3. The monoisotopic (exact) mass is 327 g/mol. The van der Waals surface area contributed by atoms with Gasteiger partial charge in [0.2, 0.25) is 0 Å². The summed E-state index contributed by atoms with van der Waals surface area (Å²) in [5.41, 5.74) is -0.562. The van der Waals surface area contributed by atoms with Crippen LogP contribution in [-0.4, -0.2) is 48.3 Å². The number of aliphatic hydroxyl groups is 1. The van der Waals surface area contributed by atoms with Gasteiger partial charge in [-0.15, -0.1) is 0 Å². The minimum Gasteiger partial charge on any atom is -0.388 e. The van der Waals surface area contributed by atoms with Crippen LogP contribution in [0.2, 0.25) is 0 Å². The average molecular weight is 327 g/mol. The lowest BCUT2D eigenvalue weighted by Gasteiger charge is -2.36. The number of carbonyl (C=O) groups is 1. The van der Waals surface area contributed by atoms with Crippen molar-refractivity contribution >= 4 is 6.03 Å². The number of nitrogens with one attached hydrogen (secondary N) is 2.